The van der Waals surface area contributed by atoms with Crippen LogP contribution in [0.15, 0.2) is 42.5 Å². The van der Waals surface area contributed by atoms with Crippen LogP contribution in [-0.2, 0) is 6.42 Å². The smallest absolute Gasteiger partial charge is 0.127 e. The summed E-state index contributed by atoms with van der Waals surface area (Å²) < 4.78 is 14.2. The van der Waals surface area contributed by atoms with Crippen molar-refractivity contribution in [2.45, 2.75) is 78.1 Å². The number of unbranched alkanes of at least 4 members (excludes halogenated alkanes) is 2. The lowest BCUT2D eigenvalue weighted by molar-refractivity contribution is 0.294. The average molecular weight is 391 g/mol. The number of hydrogen-bond donors (Lipinski definition) is 0. The van der Waals surface area contributed by atoms with Gasteiger partial charge < -0.3 is 0 Å². The Morgan fingerprint density at radius 2 is 1.59 bits per heavy atom. The Kier molecular flexibility index (Phi) is 8.36. The van der Waals surface area contributed by atoms with Crippen LogP contribution in [0.5, 0.6) is 0 Å². The van der Waals surface area contributed by atoms with Gasteiger partial charge in [-0.2, -0.15) is 0 Å². The predicted molar refractivity (Wildman–Crippen MR) is 122 cm³/mol. The minimum atomic E-state index is -0.0986. The van der Waals surface area contributed by atoms with Crippen LogP contribution in [-0.4, -0.2) is 0 Å². The summed E-state index contributed by atoms with van der Waals surface area (Å²) in [5.41, 5.74) is 3.84. The summed E-state index contributed by atoms with van der Waals surface area (Å²) in [6, 6.07) is 13.8. The molecule has 1 saturated carbocycles. The monoisotopic (exact) mass is 390 g/mol. The first kappa shape index (κ1) is 21.6. The maximum absolute atomic E-state index is 14.2. The summed E-state index contributed by atoms with van der Waals surface area (Å²) in [6.07, 6.45) is 12.5. The van der Waals surface area contributed by atoms with Gasteiger partial charge in [-0.3, -0.25) is 0 Å². The zero-order chi connectivity index (χ0) is 20.5. The van der Waals surface area contributed by atoms with Crippen molar-refractivity contribution in [2.75, 3.05) is 0 Å². The molecule has 0 nitrogen and oxygen atoms in total. The lowest BCUT2D eigenvalue weighted by atomic mass is 9.80. The molecule has 0 aliphatic heterocycles. The fourth-order valence-electron chi connectivity index (χ4n) is 4.41. The highest BCUT2D eigenvalue weighted by molar-refractivity contribution is 5.65. The first-order chi connectivity index (χ1) is 14.2. The molecule has 0 saturated heterocycles. The summed E-state index contributed by atoms with van der Waals surface area (Å²) >= 11 is 0. The molecule has 1 aliphatic rings. The van der Waals surface area contributed by atoms with E-state index in [-0.39, 0.29) is 5.82 Å². The van der Waals surface area contributed by atoms with Crippen LogP contribution in [0.3, 0.4) is 0 Å². The third kappa shape index (κ3) is 6.46. The Bertz CT molecular complexity index is 814. The van der Waals surface area contributed by atoms with Crippen molar-refractivity contribution in [1.29, 1.82) is 0 Å². The minimum absolute atomic E-state index is 0.0986. The molecule has 0 amide bonds. The molecule has 154 valence electrons. The molecule has 1 aliphatic carbocycles. The van der Waals surface area contributed by atoms with Gasteiger partial charge in [-0.25, -0.2) is 4.39 Å². The van der Waals surface area contributed by atoms with Crippen molar-refractivity contribution in [3.8, 4) is 23.0 Å². The number of hydrogen-bond acceptors (Lipinski definition) is 0. The molecule has 29 heavy (non-hydrogen) atoms. The third-order valence-electron chi connectivity index (χ3n) is 6.27. The fourth-order valence-corrected chi connectivity index (χ4v) is 4.41. The van der Waals surface area contributed by atoms with Crippen LogP contribution >= 0.6 is 0 Å². The molecule has 0 bridgehead atoms. The van der Waals surface area contributed by atoms with Crippen molar-refractivity contribution in [2.24, 2.45) is 11.8 Å². The quantitative estimate of drug-likeness (QED) is 0.330. The molecule has 0 heterocycles. The van der Waals surface area contributed by atoms with Crippen LogP contribution in [0.25, 0.3) is 11.1 Å². The van der Waals surface area contributed by atoms with Gasteiger partial charge in [-0.05, 0) is 72.9 Å². The number of rotatable bonds is 7. The van der Waals surface area contributed by atoms with Crippen molar-refractivity contribution in [1.82, 2.24) is 0 Å². The molecular formula is C28H35F. The van der Waals surface area contributed by atoms with E-state index in [0.717, 1.165) is 41.0 Å². The zero-order valence-corrected chi connectivity index (χ0v) is 18.1. The summed E-state index contributed by atoms with van der Waals surface area (Å²) in [4.78, 5) is 0. The van der Waals surface area contributed by atoms with Crippen molar-refractivity contribution >= 4 is 0 Å². The Labute approximate surface area is 176 Å². The molecule has 0 unspecified atom stereocenters. The summed E-state index contributed by atoms with van der Waals surface area (Å²) in [6.45, 7) is 4.35. The average Bonchev–Trinajstić information content (AvgIpc) is 2.75. The molecule has 3 rings (SSSR count). The lowest BCUT2D eigenvalue weighted by Crippen LogP contribution is -2.13. The van der Waals surface area contributed by atoms with Gasteiger partial charge in [0.05, 0.1) is 0 Å². The molecule has 0 aromatic heterocycles. The van der Waals surface area contributed by atoms with Crippen molar-refractivity contribution in [3.63, 3.8) is 0 Å². The molecule has 0 spiro atoms. The highest BCUT2D eigenvalue weighted by Crippen LogP contribution is 2.31. The zero-order valence-electron chi connectivity index (χ0n) is 18.1. The fraction of sp³-hybridized carbons (Fsp3) is 0.500. The Hall–Kier alpha value is -2.07. The molecule has 0 atom stereocenters. The van der Waals surface area contributed by atoms with Gasteiger partial charge in [0, 0.05) is 11.5 Å². The molecule has 2 aromatic carbocycles. The van der Waals surface area contributed by atoms with Crippen LogP contribution in [0, 0.1) is 29.5 Å². The maximum atomic E-state index is 14.2. The summed E-state index contributed by atoms with van der Waals surface area (Å²) in [5, 5.41) is 0. The van der Waals surface area contributed by atoms with E-state index >= 15 is 0 Å². The first-order valence-electron chi connectivity index (χ1n) is 11.6. The molecule has 0 N–H and O–H groups in total. The molecule has 2 aromatic rings. The van der Waals surface area contributed by atoms with Crippen LogP contribution < -0.4 is 0 Å². The summed E-state index contributed by atoms with van der Waals surface area (Å²) in [7, 11) is 0. The summed E-state index contributed by atoms with van der Waals surface area (Å²) in [5.74, 6) is 8.27. The van der Waals surface area contributed by atoms with Gasteiger partial charge in [0.1, 0.15) is 5.82 Å². The molecule has 0 radical (unpaired) electrons. The minimum Gasteiger partial charge on any atom is -0.207 e. The van der Waals surface area contributed by atoms with E-state index in [1.54, 1.807) is 6.07 Å². The number of aryl methyl sites for hydroxylation is 1. The van der Waals surface area contributed by atoms with Crippen LogP contribution in [0.4, 0.5) is 4.39 Å². The second kappa shape index (κ2) is 11.2. The Balaban J connectivity index is 1.55. The Morgan fingerprint density at radius 3 is 2.24 bits per heavy atom. The van der Waals surface area contributed by atoms with Gasteiger partial charge in [0.25, 0.3) is 0 Å². The standard InChI is InChI=1S/C28H35F/c1-3-5-6-8-22-9-11-23(12-10-22)13-14-24-15-17-25(18-16-24)27-20-19-26(7-4-2)28(29)21-27/h15-23H,3-12H2,1-2H3/t22-,23-. The first-order valence-corrected chi connectivity index (χ1v) is 11.6. The van der Waals surface area contributed by atoms with E-state index in [9.17, 15) is 4.39 Å². The highest BCUT2D eigenvalue weighted by Gasteiger charge is 2.19. The van der Waals surface area contributed by atoms with Crippen LogP contribution in [0.1, 0.15) is 82.8 Å². The van der Waals surface area contributed by atoms with Gasteiger partial charge in [0.2, 0.25) is 0 Å². The molecule has 1 fully saturated rings. The van der Waals surface area contributed by atoms with Crippen molar-refractivity contribution in [3.05, 3.63) is 59.4 Å². The van der Waals surface area contributed by atoms with Crippen LogP contribution in [0.2, 0.25) is 0 Å². The van der Waals surface area contributed by atoms with Gasteiger partial charge in [-0.15, -0.1) is 0 Å². The van der Waals surface area contributed by atoms with E-state index in [0.29, 0.717) is 5.92 Å². The van der Waals surface area contributed by atoms with E-state index in [2.05, 4.69) is 50.0 Å². The second-order valence-electron chi connectivity index (χ2n) is 8.62. The maximum Gasteiger partial charge on any atom is 0.127 e. The van der Waals surface area contributed by atoms with E-state index in [1.807, 2.05) is 12.1 Å². The van der Waals surface area contributed by atoms with Gasteiger partial charge in [0.15, 0.2) is 0 Å². The third-order valence-corrected chi connectivity index (χ3v) is 6.27. The second-order valence-corrected chi connectivity index (χ2v) is 8.62. The number of benzene rings is 2. The lowest BCUT2D eigenvalue weighted by Gasteiger charge is -2.25. The van der Waals surface area contributed by atoms with Gasteiger partial charge in [-0.1, -0.05) is 82.1 Å². The van der Waals surface area contributed by atoms with E-state index < -0.39 is 0 Å². The van der Waals surface area contributed by atoms with Crippen molar-refractivity contribution < 1.29 is 4.39 Å². The SMILES string of the molecule is CCCCC[C@H]1CC[C@H](C#Cc2ccc(-c3ccc(CCC)c(F)c3)cc2)CC1. The molecular weight excluding hydrogens is 355 g/mol. The normalized spacial score (nSPS) is 18.9. The largest absolute Gasteiger partial charge is 0.207 e. The molecule has 1 heteroatoms. The topological polar surface area (TPSA) is 0 Å². The predicted octanol–water partition coefficient (Wildman–Crippen LogP) is 8.18. The number of halogens is 1. The Morgan fingerprint density at radius 1 is 0.862 bits per heavy atom. The van der Waals surface area contributed by atoms with E-state index in [4.69, 9.17) is 0 Å². The highest BCUT2D eigenvalue weighted by atomic mass is 19.1. The van der Waals surface area contributed by atoms with Gasteiger partial charge >= 0.3 is 0 Å². The van der Waals surface area contributed by atoms with E-state index in [1.165, 1.54) is 51.4 Å².